The van der Waals surface area contributed by atoms with Crippen molar-refractivity contribution in [1.29, 1.82) is 0 Å². The highest BCUT2D eigenvalue weighted by Gasteiger charge is 2.58. The van der Waals surface area contributed by atoms with Crippen molar-refractivity contribution in [3.63, 3.8) is 0 Å². The number of nitrogens with zero attached hydrogens (tertiary/aromatic N) is 2. The maximum absolute atomic E-state index is 12.9. The molecule has 6 heteroatoms. The van der Waals surface area contributed by atoms with Gasteiger partial charge in [-0.1, -0.05) is 60.7 Å². The predicted octanol–water partition coefficient (Wildman–Crippen LogP) is 3.03. The third kappa shape index (κ3) is 1.79. The third-order valence-electron chi connectivity index (χ3n) is 3.94. The van der Waals surface area contributed by atoms with Crippen LogP contribution >= 0.6 is 8.61 Å². The minimum atomic E-state index is -1.29. The number of rotatable bonds is 3. The van der Waals surface area contributed by atoms with Crippen LogP contribution < -0.4 is 0 Å². The average Bonchev–Trinajstić information content (AvgIpc) is 2.76. The summed E-state index contributed by atoms with van der Waals surface area (Å²) in [5.41, 5.74) is 0.0261. The van der Waals surface area contributed by atoms with E-state index in [1.807, 2.05) is 36.4 Å². The third-order valence-corrected chi connectivity index (χ3v) is 4.45. The number of carbonyl (C=O) groups excluding carboxylic acids is 2. The number of carbonyl (C=O) groups is 2. The molecule has 3 amide bonds. The molecule has 22 heavy (non-hydrogen) atoms. The Bertz CT molecular complexity index is 694. The quantitative estimate of drug-likeness (QED) is 0.646. The van der Waals surface area contributed by atoms with Gasteiger partial charge in [0.25, 0.3) is 14.5 Å². The van der Waals surface area contributed by atoms with E-state index in [9.17, 15) is 14.2 Å². The molecule has 110 valence electrons. The number of urea groups is 1. The van der Waals surface area contributed by atoms with Crippen molar-refractivity contribution < 1.29 is 14.2 Å². The van der Waals surface area contributed by atoms with Crippen molar-refractivity contribution in [3.05, 3.63) is 71.8 Å². The first-order valence-electron chi connectivity index (χ1n) is 6.70. The molecule has 1 heterocycles. The lowest BCUT2D eigenvalue weighted by Gasteiger charge is -2.33. The normalized spacial score (nSPS) is 17.3. The zero-order valence-electron chi connectivity index (χ0n) is 11.8. The fourth-order valence-electron chi connectivity index (χ4n) is 2.90. The molecule has 5 nitrogen and oxygen atoms in total. The summed E-state index contributed by atoms with van der Waals surface area (Å²) in [5, 5.41) is 0. The fourth-order valence-corrected chi connectivity index (χ4v) is 3.32. The highest BCUT2D eigenvalue weighted by Crippen LogP contribution is 2.43. The van der Waals surface area contributed by atoms with Gasteiger partial charge in [-0.2, -0.15) is 4.67 Å². The van der Waals surface area contributed by atoms with Gasteiger partial charge in [0.05, 0.1) is 0 Å². The second-order valence-corrected chi connectivity index (χ2v) is 5.55. The van der Waals surface area contributed by atoms with E-state index in [0.29, 0.717) is 11.1 Å². The topological polar surface area (TPSA) is 57.7 Å². The summed E-state index contributed by atoms with van der Waals surface area (Å²) in [4.78, 5) is 26.6. The molecule has 2 aromatic carbocycles. The van der Waals surface area contributed by atoms with Gasteiger partial charge in [-0.05, 0) is 11.1 Å². The van der Waals surface area contributed by atoms with Gasteiger partial charge in [0, 0.05) is 7.05 Å². The average molecular weight is 312 g/mol. The lowest BCUT2D eigenvalue weighted by molar-refractivity contribution is -0.128. The fraction of sp³-hybridized carbons (Fsp3) is 0.125. The first kappa shape index (κ1) is 14.4. The molecule has 0 spiro atoms. The Balaban J connectivity index is 2.32. The highest BCUT2D eigenvalue weighted by molar-refractivity contribution is 7.23. The number of hydrogen-bond donors (Lipinski definition) is 0. The van der Waals surface area contributed by atoms with Crippen LogP contribution in [0.5, 0.6) is 0 Å². The van der Waals surface area contributed by atoms with E-state index in [4.69, 9.17) is 0 Å². The van der Waals surface area contributed by atoms with Gasteiger partial charge in [0.2, 0.25) is 0 Å². The Kier molecular flexibility index (Phi) is 3.51. The minimum Gasteiger partial charge on any atom is -0.304 e. The number of likely N-dealkylation sites (N-methyl/N-ethyl adjacent to an activating group) is 1. The molecule has 0 saturated carbocycles. The lowest BCUT2D eigenvalue weighted by Crippen LogP contribution is -2.45. The van der Waals surface area contributed by atoms with E-state index in [0.717, 1.165) is 4.67 Å². The van der Waals surface area contributed by atoms with Gasteiger partial charge < -0.3 is 4.90 Å². The van der Waals surface area contributed by atoms with Crippen LogP contribution in [0.4, 0.5) is 4.79 Å². The molecule has 0 radical (unpaired) electrons. The van der Waals surface area contributed by atoms with Crippen molar-refractivity contribution in [2.24, 2.45) is 0 Å². The Hall–Kier alpha value is -2.52. The predicted molar refractivity (Wildman–Crippen MR) is 81.3 cm³/mol. The van der Waals surface area contributed by atoms with E-state index < -0.39 is 26.1 Å². The van der Waals surface area contributed by atoms with Gasteiger partial charge in [0.15, 0.2) is 5.54 Å². The summed E-state index contributed by atoms with van der Waals surface area (Å²) in [6.07, 6.45) is 0. The van der Waals surface area contributed by atoms with Crippen LogP contribution in [0.25, 0.3) is 0 Å². The Morgan fingerprint density at radius 2 is 1.32 bits per heavy atom. The van der Waals surface area contributed by atoms with Crippen molar-refractivity contribution in [3.8, 4) is 0 Å². The van der Waals surface area contributed by atoms with Gasteiger partial charge >= 0.3 is 6.03 Å². The molecule has 0 unspecified atom stereocenters. The Labute approximate surface area is 129 Å². The van der Waals surface area contributed by atoms with Gasteiger partial charge in [-0.3, -0.25) is 4.79 Å². The van der Waals surface area contributed by atoms with Crippen molar-refractivity contribution in [2.45, 2.75) is 5.54 Å². The molecule has 0 atom stereocenters. The second-order valence-electron chi connectivity index (χ2n) is 4.98. The molecule has 2 aromatic rings. The Morgan fingerprint density at radius 3 is 1.68 bits per heavy atom. The van der Waals surface area contributed by atoms with E-state index >= 15 is 0 Å². The molecule has 1 aliphatic rings. The van der Waals surface area contributed by atoms with E-state index in [2.05, 4.69) is 0 Å². The maximum Gasteiger partial charge on any atom is 0.338 e. The number of benzene rings is 2. The lowest BCUT2D eigenvalue weighted by atomic mass is 9.82. The minimum absolute atomic E-state index is 0.519. The molecular weight excluding hydrogens is 299 g/mol. The van der Waals surface area contributed by atoms with Gasteiger partial charge in [-0.25, -0.2) is 9.36 Å². The van der Waals surface area contributed by atoms with Crippen LogP contribution in [-0.4, -0.2) is 28.6 Å². The molecule has 0 aromatic heterocycles. The molecule has 0 bridgehead atoms. The van der Waals surface area contributed by atoms with Crippen LogP contribution in [-0.2, 0) is 14.9 Å². The van der Waals surface area contributed by atoms with Crippen LogP contribution in [0.1, 0.15) is 11.1 Å². The molecule has 0 aliphatic carbocycles. The zero-order chi connectivity index (χ0) is 15.7. The molecule has 1 aliphatic heterocycles. The van der Waals surface area contributed by atoms with E-state index in [-0.39, 0.29) is 0 Å². The van der Waals surface area contributed by atoms with Crippen LogP contribution in [0.3, 0.4) is 0 Å². The summed E-state index contributed by atoms with van der Waals surface area (Å²) in [5.74, 6) is -0.519. The molecular formula is C16H13N2O3P. The van der Waals surface area contributed by atoms with Crippen molar-refractivity contribution >= 4 is 20.5 Å². The molecule has 3 rings (SSSR count). The smallest absolute Gasteiger partial charge is 0.304 e. The van der Waals surface area contributed by atoms with Crippen LogP contribution in [0.15, 0.2) is 60.7 Å². The first-order chi connectivity index (χ1) is 10.6. The monoisotopic (exact) mass is 312 g/mol. The Morgan fingerprint density at radius 1 is 0.864 bits per heavy atom. The second kappa shape index (κ2) is 5.35. The number of imide groups is 1. The maximum atomic E-state index is 12.9. The highest BCUT2D eigenvalue weighted by atomic mass is 31.1. The summed E-state index contributed by atoms with van der Waals surface area (Å²) in [7, 11) is 0.919. The largest absolute Gasteiger partial charge is 0.338 e. The first-order valence-corrected chi connectivity index (χ1v) is 7.47. The number of hydrogen-bond acceptors (Lipinski definition) is 3. The summed E-state index contributed by atoms with van der Waals surface area (Å²) < 4.78 is 12.0. The summed E-state index contributed by atoms with van der Waals surface area (Å²) in [6, 6.07) is 17.5. The SMILES string of the molecule is CN1C(=O)N(P=O)C(=O)C1(c1ccccc1)c1ccccc1. The molecule has 1 saturated heterocycles. The van der Waals surface area contributed by atoms with Crippen molar-refractivity contribution in [2.75, 3.05) is 7.05 Å². The standard InChI is InChI=1S/C16H13N2O3P/c1-17-15(20)18(22-21)14(19)16(17,12-8-4-2-5-9-12)13-10-6-3-7-11-13/h2-11H,1H3. The van der Waals surface area contributed by atoms with E-state index in [1.54, 1.807) is 31.3 Å². The van der Waals surface area contributed by atoms with Gasteiger partial charge in [0.1, 0.15) is 0 Å². The molecule has 0 N–H and O–H groups in total. The van der Waals surface area contributed by atoms with Crippen LogP contribution in [0.2, 0.25) is 0 Å². The summed E-state index contributed by atoms with van der Waals surface area (Å²) >= 11 is 0. The van der Waals surface area contributed by atoms with Gasteiger partial charge in [-0.15, -0.1) is 0 Å². The number of amides is 3. The van der Waals surface area contributed by atoms with Crippen LogP contribution in [0, 0.1) is 0 Å². The zero-order valence-corrected chi connectivity index (χ0v) is 12.7. The summed E-state index contributed by atoms with van der Waals surface area (Å²) in [6.45, 7) is 0. The van der Waals surface area contributed by atoms with Crippen molar-refractivity contribution in [1.82, 2.24) is 9.57 Å². The molecule has 1 fully saturated rings. The van der Waals surface area contributed by atoms with E-state index in [1.165, 1.54) is 4.90 Å².